The quantitative estimate of drug-likeness (QED) is 0.150. The van der Waals surface area contributed by atoms with E-state index in [1.165, 1.54) is 25.4 Å². The van der Waals surface area contributed by atoms with Crippen molar-refractivity contribution in [3.63, 3.8) is 0 Å². The van der Waals surface area contributed by atoms with Crippen molar-refractivity contribution >= 4 is 35.6 Å². The third-order valence-electron chi connectivity index (χ3n) is 7.82. The molecular weight excluding hydrogens is 679 g/mol. The van der Waals surface area contributed by atoms with E-state index in [1.54, 1.807) is 35.2 Å². The predicted molar refractivity (Wildman–Crippen MR) is 183 cm³/mol. The summed E-state index contributed by atoms with van der Waals surface area (Å²) < 4.78 is 47.5. The Kier molecular flexibility index (Phi) is 11.4. The maximum absolute atomic E-state index is 13.3. The fourth-order valence-corrected chi connectivity index (χ4v) is 6.18. The Morgan fingerprint density at radius 2 is 1.76 bits per heavy atom. The van der Waals surface area contributed by atoms with Gasteiger partial charge in [-0.25, -0.2) is 9.78 Å². The van der Waals surface area contributed by atoms with Gasteiger partial charge in [0.05, 0.1) is 40.7 Å². The van der Waals surface area contributed by atoms with Crippen LogP contribution in [0.5, 0.6) is 11.6 Å². The summed E-state index contributed by atoms with van der Waals surface area (Å²) in [7, 11) is 1.51. The largest absolute Gasteiger partial charge is 0.481 e. The molecular formula is C36H35Cl2F2N3O6. The lowest BCUT2D eigenvalue weighted by molar-refractivity contribution is -0.0500. The molecule has 9 nitrogen and oxygen atoms in total. The van der Waals surface area contributed by atoms with Crippen molar-refractivity contribution < 1.29 is 37.3 Å². The molecule has 1 saturated heterocycles. The molecule has 0 unspecified atom stereocenters. The van der Waals surface area contributed by atoms with Gasteiger partial charge in [-0.05, 0) is 63.9 Å². The van der Waals surface area contributed by atoms with Gasteiger partial charge >= 0.3 is 12.7 Å². The second-order valence-corrected chi connectivity index (χ2v) is 13.0. The number of nitrogens with zero attached hydrogens (tertiary/aromatic N) is 3. The van der Waals surface area contributed by atoms with E-state index in [4.69, 9.17) is 42.4 Å². The van der Waals surface area contributed by atoms with E-state index in [-0.39, 0.29) is 34.6 Å². The normalized spacial score (nSPS) is 13.7. The molecule has 258 valence electrons. The number of carbonyl (C=O) groups is 2. The molecule has 2 aromatic carbocycles. The monoisotopic (exact) mass is 713 g/mol. The number of ether oxygens (including phenoxy) is 4. The van der Waals surface area contributed by atoms with E-state index in [9.17, 15) is 18.4 Å². The number of aromatic nitrogens is 2. The summed E-state index contributed by atoms with van der Waals surface area (Å²) in [5, 5.41) is 0.555. The molecule has 0 N–H and O–H groups in total. The van der Waals surface area contributed by atoms with Gasteiger partial charge < -0.3 is 23.8 Å². The maximum atomic E-state index is 13.3. The van der Waals surface area contributed by atoms with Crippen LogP contribution in [0.15, 0.2) is 60.8 Å². The average Bonchev–Trinajstić information content (AvgIpc) is 3.07. The van der Waals surface area contributed by atoms with Crippen LogP contribution in [0.3, 0.4) is 0 Å². The molecule has 5 rings (SSSR count). The third kappa shape index (κ3) is 8.46. The Balaban J connectivity index is 1.48. The number of carbonyl (C=O) groups excluding carboxylic acids is 2. The first-order valence-corrected chi connectivity index (χ1v) is 16.2. The number of aldehydes is 1. The van der Waals surface area contributed by atoms with Crippen LogP contribution in [0.2, 0.25) is 10.0 Å². The average molecular weight is 715 g/mol. The van der Waals surface area contributed by atoms with Gasteiger partial charge in [-0.15, -0.1) is 0 Å². The van der Waals surface area contributed by atoms with Gasteiger partial charge in [0.1, 0.15) is 11.4 Å². The lowest BCUT2D eigenvalue weighted by Gasteiger charge is -2.35. The predicted octanol–water partition coefficient (Wildman–Crippen LogP) is 9.12. The molecule has 0 atom stereocenters. The summed E-state index contributed by atoms with van der Waals surface area (Å²) in [6.45, 7) is 3.69. The number of alkyl halides is 2. The van der Waals surface area contributed by atoms with E-state index in [1.807, 2.05) is 32.9 Å². The highest BCUT2D eigenvalue weighted by Gasteiger charge is 2.31. The first-order chi connectivity index (χ1) is 23.4. The Morgan fingerprint density at radius 1 is 1.04 bits per heavy atom. The number of hydrogen-bond acceptors (Lipinski definition) is 8. The number of benzene rings is 2. The highest BCUT2D eigenvalue weighted by atomic mass is 35.5. The van der Waals surface area contributed by atoms with E-state index in [2.05, 4.69) is 9.72 Å². The molecule has 1 aliphatic heterocycles. The van der Waals surface area contributed by atoms with E-state index in [0.29, 0.717) is 76.8 Å². The second-order valence-electron chi connectivity index (χ2n) is 12.3. The molecule has 1 aliphatic rings. The maximum Gasteiger partial charge on any atom is 0.410 e. The minimum Gasteiger partial charge on any atom is -0.481 e. The van der Waals surface area contributed by atoms with Crippen LogP contribution in [0.1, 0.15) is 49.5 Å². The van der Waals surface area contributed by atoms with Gasteiger partial charge in [-0.2, -0.15) is 8.78 Å². The Hall–Kier alpha value is -4.32. The second kappa shape index (κ2) is 15.5. The molecule has 4 aromatic rings. The zero-order valence-corrected chi connectivity index (χ0v) is 28.9. The smallest absolute Gasteiger partial charge is 0.410 e. The van der Waals surface area contributed by atoms with Crippen LogP contribution in [0.25, 0.3) is 33.6 Å². The van der Waals surface area contributed by atoms with Crippen LogP contribution >= 0.6 is 23.2 Å². The molecule has 2 aromatic heterocycles. The fraction of sp³-hybridized carbons (Fsp3) is 0.333. The summed E-state index contributed by atoms with van der Waals surface area (Å²) in [6, 6.07) is 14.9. The van der Waals surface area contributed by atoms with Gasteiger partial charge in [-0.1, -0.05) is 47.5 Å². The van der Waals surface area contributed by atoms with Crippen LogP contribution < -0.4 is 9.47 Å². The topological polar surface area (TPSA) is 100 Å². The van der Waals surface area contributed by atoms with Gasteiger partial charge in [0.15, 0.2) is 6.29 Å². The third-order valence-corrected chi connectivity index (χ3v) is 8.61. The Morgan fingerprint density at radius 3 is 2.43 bits per heavy atom. The summed E-state index contributed by atoms with van der Waals surface area (Å²) in [5.41, 5.74) is 2.84. The Bertz CT molecular complexity index is 1830. The van der Waals surface area contributed by atoms with Crippen molar-refractivity contribution in [1.29, 1.82) is 0 Å². The van der Waals surface area contributed by atoms with Crippen LogP contribution in [-0.2, 0) is 16.0 Å². The zero-order valence-electron chi connectivity index (χ0n) is 27.3. The molecule has 1 amide bonds. The highest BCUT2D eigenvalue weighted by molar-refractivity contribution is 6.39. The van der Waals surface area contributed by atoms with Crippen molar-refractivity contribution in [3.05, 3.63) is 82.0 Å². The molecule has 13 heteroatoms. The summed E-state index contributed by atoms with van der Waals surface area (Å²) in [5.74, 6) is 0.0284. The molecule has 0 bridgehead atoms. The molecule has 0 spiro atoms. The van der Waals surface area contributed by atoms with Crippen molar-refractivity contribution in [2.75, 3.05) is 20.3 Å². The number of halogens is 4. The van der Waals surface area contributed by atoms with Gasteiger partial charge in [0, 0.05) is 53.3 Å². The number of rotatable bonds is 10. The van der Waals surface area contributed by atoms with Crippen LogP contribution in [-0.4, -0.2) is 65.8 Å². The van der Waals surface area contributed by atoms with E-state index < -0.39 is 18.3 Å². The first kappa shape index (κ1) is 36.0. The lowest BCUT2D eigenvalue weighted by Crippen LogP contribution is -2.45. The minimum absolute atomic E-state index is 0.0397. The number of pyridine rings is 2. The Labute approximate surface area is 293 Å². The molecule has 49 heavy (non-hydrogen) atoms. The van der Waals surface area contributed by atoms with Crippen molar-refractivity contribution in [2.24, 2.45) is 0 Å². The molecule has 0 aliphatic carbocycles. The molecule has 3 heterocycles. The number of methoxy groups -OCH3 is 1. The summed E-state index contributed by atoms with van der Waals surface area (Å²) in [4.78, 5) is 35.5. The van der Waals surface area contributed by atoms with Crippen LogP contribution in [0, 0.1) is 0 Å². The SMILES string of the molecule is COc1nc(-c2cccc(-c3ccnc(-c4ccc(C=O)c(OC(F)F)c4)c3Cl)c2Cl)ccc1CN(C(=O)OC(C)(C)C)C1CCOCC1. The number of hydrogen-bond donors (Lipinski definition) is 0. The molecule has 1 fully saturated rings. The molecule has 0 saturated carbocycles. The van der Waals surface area contributed by atoms with Crippen molar-refractivity contribution in [2.45, 2.75) is 58.4 Å². The lowest BCUT2D eigenvalue weighted by atomic mass is 9.99. The summed E-state index contributed by atoms with van der Waals surface area (Å²) in [6.07, 6.45) is 2.89. The standard InChI is InChI=1S/C36H35Cl2F2N3O6/c1-36(2,3)49-35(45)43(24-13-16-47-17-14-24)19-22-10-11-28(42-33(22)46-4)27-7-5-6-25(30(27)37)26-12-15-41-32(31(26)38)21-8-9-23(20-44)29(18-21)48-34(39)40/h5-12,15,18,20,24,34H,13-14,16-17,19H2,1-4H3. The highest BCUT2D eigenvalue weighted by Crippen LogP contribution is 2.42. The van der Waals surface area contributed by atoms with Crippen molar-refractivity contribution in [3.8, 4) is 45.3 Å². The number of amides is 1. The van der Waals surface area contributed by atoms with Crippen LogP contribution in [0.4, 0.5) is 13.6 Å². The van der Waals surface area contributed by atoms with Gasteiger partial charge in [0.25, 0.3) is 0 Å². The van der Waals surface area contributed by atoms with E-state index in [0.717, 1.165) is 0 Å². The van der Waals surface area contributed by atoms with Crippen molar-refractivity contribution in [1.82, 2.24) is 14.9 Å². The van der Waals surface area contributed by atoms with Gasteiger partial charge in [-0.3, -0.25) is 9.78 Å². The fourth-order valence-electron chi connectivity index (χ4n) is 5.53. The zero-order chi connectivity index (χ0) is 35.3. The minimum atomic E-state index is -3.12. The first-order valence-electron chi connectivity index (χ1n) is 15.5. The summed E-state index contributed by atoms with van der Waals surface area (Å²) >= 11 is 13.9. The van der Waals surface area contributed by atoms with E-state index >= 15 is 0 Å². The molecule has 0 radical (unpaired) electrons. The van der Waals surface area contributed by atoms with Gasteiger partial charge in [0.2, 0.25) is 5.88 Å².